The van der Waals surface area contributed by atoms with Crippen LogP contribution < -0.4 is 5.73 Å². The molecule has 0 aliphatic rings. The molecule has 74 valence electrons. The highest BCUT2D eigenvalue weighted by Crippen LogP contribution is 1.98. The van der Waals surface area contributed by atoms with E-state index in [2.05, 4.69) is 0 Å². The topological polar surface area (TPSA) is 97.5 Å². The second-order valence-electron chi connectivity index (χ2n) is 2.67. The van der Waals surface area contributed by atoms with Crippen LogP contribution in [0.15, 0.2) is 0 Å². The molecule has 0 saturated heterocycles. The minimum Gasteiger partial charge on any atom is -0.480 e. The van der Waals surface area contributed by atoms with Crippen LogP contribution in [0, 0.1) is 0 Å². The van der Waals surface area contributed by atoms with Gasteiger partial charge < -0.3 is 10.8 Å². The third-order valence-electron chi connectivity index (χ3n) is 1.66. The molecule has 0 bridgehead atoms. The normalized spacial score (nSPS) is 12.2. The molecule has 0 amide bonds. The number of hydrogen-bond acceptors (Lipinski definition) is 4. The van der Waals surface area contributed by atoms with E-state index in [0.29, 0.717) is 6.42 Å². The molecular formula is C8H13NO4. The molecular weight excluding hydrogens is 174 g/mol. The fourth-order valence-electron chi connectivity index (χ4n) is 0.733. The quantitative estimate of drug-likeness (QED) is 0.557. The summed E-state index contributed by atoms with van der Waals surface area (Å²) in [5, 5.41) is 8.34. The zero-order valence-electron chi connectivity index (χ0n) is 7.45. The molecule has 0 aromatic rings. The van der Waals surface area contributed by atoms with Gasteiger partial charge in [0.05, 0.1) is 0 Å². The van der Waals surface area contributed by atoms with Crippen molar-refractivity contribution in [2.24, 2.45) is 5.73 Å². The van der Waals surface area contributed by atoms with Crippen LogP contribution in [0.2, 0.25) is 0 Å². The van der Waals surface area contributed by atoms with Crippen LogP contribution in [0.5, 0.6) is 0 Å². The molecule has 1 unspecified atom stereocenters. The first-order valence-corrected chi connectivity index (χ1v) is 4.01. The van der Waals surface area contributed by atoms with Crippen LogP contribution in [-0.4, -0.2) is 28.7 Å². The smallest absolute Gasteiger partial charge is 0.328 e. The molecule has 0 aliphatic heterocycles. The molecule has 0 aliphatic carbocycles. The van der Waals surface area contributed by atoms with Gasteiger partial charge in [0.25, 0.3) is 0 Å². The maximum Gasteiger partial charge on any atom is 0.328 e. The molecule has 0 aromatic carbocycles. The number of Topliss-reactive ketones (excluding diaryl/α,β-unsaturated/α-hetero) is 2. The Kier molecular flexibility index (Phi) is 4.91. The van der Waals surface area contributed by atoms with Gasteiger partial charge in [-0.25, -0.2) is 0 Å². The molecule has 0 saturated carbocycles. The lowest BCUT2D eigenvalue weighted by Gasteiger charge is -2.03. The van der Waals surface area contributed by atoms with Gasteiger partial charge in [-0.1, -0.05) is 6.92 Å². The van der Waals surface area contributed by atoms with Gasteiger partial charge in [-0.15, -0.1) is 0 Å². The van der Waals surface area contributed by atoms with E-state index in [-0.39, 0.29) is 18.6 Å². The Morgan fingerprint density at radius 2 is 1.85 bits per heavy atom. The SMILES string of the molecule is CCC(=O)CCC(=O)C(N)C(=O)O. The number of rotatable bonds is 6. The molecule has 0 spiro atoms. The Bertz CT molecular complexity index is 224. The van der Waals surface area contributed by atoms with Gasteiger partial charge in [0.2, 0.25) is 0 Å². The van der Waals surface area contributed by atoms with E-state index in [1.807, 2.05) is 0 Å². The van der Waals surface area contributed by atoms with Gasteiger partial charge in [0.1, 0.15) is 5.78 Å². The first-order valence-electron chi connectivity index (χ1n) is 4.01. The van der Waals surface area contributed by atoms with Crippen molar-refractivity contribution < 1.29 is 19.5 Å². The van der Waals surface area contributed by atoms with Gasteiger partial charge in [0.15, 0.2) is 11.8 Å². The molecule has 0 fully saturated rings. The average Bonchev–Trinajstić information content (AvgIpc) is 2.11. The van der Waals surface area contributed by atoms with Gasteiger partial charge >= 0.3 is 5.97 Å². The lowest BCUT2D eigenvalue weighted by atomic mass is 10.1. The monoisotopic (exact) mass is 187 g/mol. The molecule has 13 heavy (non-hydrogen) atoms. The number of carboxylic acid groups (broad SMARTS) is 1. The summed E-state index contributed by atoms with van der Waals surface area (Å²) >= 11 is 0. The molecule has 5 nitrogen and oxygen atoms in total. The standard InChI is InChI=1S/C8H13NO4/c1-2-5(10)3-4-6(11)7(9)8(12)13/h7H,2-4,9H2,1H3,(H,12,13). The summed E-state index contributed by atoms with van der Waals surface area (Å²) in [5.41, 5.74) is 5.03. The largest absolute Gasteiger partial charge is 0.480 e. The molecule has 5 heteroatoms. The zero-order valence-corrected chi connectivity index (χ0v) is 7.45. The number of nitrogens with two attached hydrogens (primary N) is 1. The van der Waals surface area contributed by atoms with E-state index in [4.69, 9.17) is 10.8 Å². The average molecular weight is 187 g/mol. The van der Waals surface area contributed by atoms with Crippen molar-refractivity contribution in [1.82, 2.24) is 0 Å². The highest BCUT2D eigenvalue weighted by molar-refractivity contribution is 6.03. The number of carbonyl (C=O) groups is 3. The number of ketones is 2. The lowest BCUT2D eigenvalue weighted by molar-refractivity contribution is -0.142. The van der Waals surface area contributed by atoms with Crippen molar-refractivity contribution in [3.8, 4) is 0 Å². The summed E-state index contributed by atoms with van der Waals surface area (Å²) in [6.07, 6.45) is 0.353. The summed E-state index contributed by atoms with van der Waals surface area (Å²) in [5.74, 6) is -2.02. The van der Waals surface area contributed by atoms with E-state index in [0.717, 1.165) is 0 Å². The predicted molar refractivity (Wildman–Crippen MR) is 45.2 cm³/mol. The fraction of sp³-hybridized carbons (Fsp3) is 0.625. The van der Waals surface area contributed by atoms with Crippen molar-refractivity contribution in [2.75, 3.05) is 0 Å². The minimum atomic E-state index is -1.50. The number of hydrogen-bond donors (Lipinski definition) is 2. The minimum absolute atomic E-state index is 0.0639. The first kappa shape index (κ1) is 11.8. The summed E-state index contributed by atoms with van der Waals surface area (Å²) in [6, 6.07) is -1.50. The van der Waals surface area contributed by atoms with Crippen molar-refractivity contribution in [1.29, 1.82) is 0 Å². The maximum absolute atomic E-state index is 10.9. The van der Waals surface area contributed by atoms with Crippen LogP contribution >= 0.6 is 0 Å². The third-order valence-corrected chi connectivity index (χ3v) is 1.66. The van der Waals surface area contributed by atoms with Gasteiger partial charge in [0, 0.05) is 19.3 Å². The van der Waals surface area contributed by atoms with E-state index in [9.17, 15) is 14.4 Å². The highest BCUT2D eigenvalue weighted by Gasteiger charge is 2.20. The summed E-state index contributed by atoms with van der Waals surface area (Å²) in [6.45, 7) is 1.68. The van der Waals surface area contributed by atoms with Crippen molar-refractivity contribution in [3.63, 3.8) is 0 Å². The number of carboxylic acids is 1. The second-order valence-corrected chi connectivity index (χ2v) is 2.67. The Labute approximate surface area is 75.9 Å². The molecule has 0 heterocycles. The van der Waals surface area contributed by atoms with E-state index in [1.54, 1.807) is 6.92 Å². The highest BCUT2D eigenvalue weighted by atomic mass is 16.4. The summed E-state index contributed by atoms with van der Waals surface area (Å²) in [4.78, 5) is 31.9. The van der Waals surface area contributed by atoms with Gasteiger partial charge in [-0.05, 0) is 0 Å². The Balaban J connectivity index is 3.88. The Morgan fingerprint density at radius 1 is 1.31 bits per heavy atom. The van der Waals surface area contributed by atoms with Crippen molar-refractivity contribution in [3.05, 3.63) is 0 Å². The zero-order chi connectivity index (χ0) is 10.4. The Hall–Kier alpha value is -1.23. The Morgan fingerprint density at radius 3 is 2.23 bits per heavy atom. The van der Waals surface area contributed by atoms with Crippen LogP contribution in [0.4, 0.5) is 0 Å². The molecule has 0 rings (SSSR count). The summed E-state index contributed by atoms with van der Waals surface area (Å²) in [7, 11) is 0. The van der Waals surface area contributed by atoms with Crippen molar-refractivity contribution in [2.45, 2.75) is 32.2 Å². The predicted octanol–water partition coefficient (Wildman–Crippen LogP) is -0.273. The third kappa shape index (κ3) is 4.37. The van der Waals surface area contributed by atoms with Crippen LogP contribution in [0.1, 0.15) is 26.2 Å². The van der Waals surface area contributed by atoms with Crippen molar-refractivity contribution >= 4 is 17.5 Å². The first-order chi connectivity index (χ1) is 5.99. The second kappa shape index (κ2) is 5.42. The summed E-state index contributed by atoms with van der Waals surface area (Å²) < 4.78 is 0. The van der Waals surface area contributed by atoms with E-state index >= 15 is 0 Å². The molecule has 3 N–H and O–H groups in total. The van der Waals surface area contributed by atoms with E-state index in [1.165, 1.54) is 0 Å². The van der Waals surface area contributed by atoms with Crippen LogP contribution in [-0.2, 0) is 14.4 Å². The number of carbonyl (C=O) groups excluding carboxylic acids is 2. The van der Waals surface area contributed by atoms with Gasteiger partial charge in [-0.2, -0.15) is 0 Å². The molecule has 0 radical (unpaired) electrons. The molecule has 1 atom stereocenters. The fourth-order valence-corrected chi connectivity index (χ4v) is 0.733. The van der Waals surface area contributed by atoms with Gasteiger partial charge in [-0.3, -0.25) is 14.4 Å². The number of aliphatic carboxylic acids is 1. The lowest BCUT2D eigenvalue weighted by Crippen LogP contribution is -2.38. The maximum atomic E-state index is 10.9. The molecule has 0 aromatic heterocycles. The van der Waals surface area contributed by atoms with Crippen LogP contribution in [0.3, 0.4) is 0 Å². The van der Waals surface area contributed by atoms with Crippen LogP contribution in [0.25, 0.3) is 0 Å². The van der Waals surface area contributed by atoms with E-state index < -0.39 is 17.8 Å².